The van der Waals surface area contributed by atoms with Gasteiger partial charge in [-0.05, 0) is 47.5 Å². The molecule has 0 unspecified atom stereocenters. The number of nitrogens with zero attached hydrogens (tertiary/aromatic N) is 2. The van der Waals surface area contributed by atoms with Gasteiger partial charge in [0.1, 0.15) is 5.75 Å². The largest absolute Gasteiger partial charge is 0.507 e. The summed E-state index contributed by atoms with van der Waals surface area (Å²) in [5.41, 5.74) is 1.88. The van der Waals surface area contributed by atoms with Gasteiger partial charge in [-0.25, -0.2) is 5.43 Å². The van der Waals surface area contributed by atoms with E-state index >= 15 is 0 Å². The number of rotatable bonds is 5. The lowest BCUT2D eigenvalue weighted by atomic mass is 9.93. The molecule has 0 fully saturated rings. The van der Waals surface area contributed by atoms with Crippen molar-refractivity contribution in [2.45, 2.75) is 26.2 Å². The summed E-state index contributed by atoms with van der Waals surface area (Å²) in [5, 5.41) is 17.1. The maximum atomic E-state index is 12.9. The Morgan fingerprint density at radius 3 is 2.11 bits per heavy atom. The molecule has 0 aromatic heterocycles. The van der Waals surface area contributed by atoms with Crippen LogP contribution in [-0.2, 0) is 12.4 Å². The SMILES string of the molecule is CC1(C)CN=C(N/N=C(\C=Cc2ccc(C(F)(F)F)cc2)C=Cc2ccc(C(F)(F)F)c(O)c2)NC1. The van der Waals surface area contributed by atoms with Gasteiger partial charge in [0.05, 0.1) is 16.8 Å². The van der Waals surface area contributed by atoms with Crippen molar-refractivity contribution in [3.63, 3.8) is 0 Å². The molecule has 192 valence electrons. The number of halogens is 6. The van der Waals surface area contributed by atoms with Crippen molar-refractivity contribution in [3.8, 4) is 5.75 Å². The fraction of sp³-hybridized carbons (Fsp3) is 0.280. The van der Waals surface area contributed by atoms with Gasteiger partial charge in [0.25, 0.3) is 0 Å². The van der Waals surface area contributed by atoms with Gasteiger partial charge in [-0.3, -0.25) is 4.99 Å². The van der Waals surface area contributed by atoms with Crippen LogP contribution in [-0.4, -0.2) is 29.9 Å². The van der Waals surface area contributed by atoms with E-state index in [1.54, 1.807) is 0 Å². The maximum absolute atomic E-state index is 12.9. The molecule has 0 radical (unpaired) electrons. The molecule has 2 aromatic carbocycles. The Bertz CT molecular complexity index is 1190. The van der Waals surface area contributed by atoms with Gasteiger partial charge < -0.3 is 10.4 Å². The Labute approximate surface area is 203 Å². The molecule has 5 nitrogen and oxygen atoms in total. The van der Waals surface area contributed by atoms with E-state index in [4.69, 9.17) is 0 Å². The highest BCUT2D eigenvalue weighted by Crippen LogP contribution is 2.36. The Morgan fingerprint density at radius 2 is 1.58 bits per heavy atom. The predicted molar refractivity (Wildman–Crippen MR) is 127 cm³/mol. The van der Waals surface area contributed by atoms with Gasteiger partial charge in [-0.1, -0.05) is 44.2 Å². The standard InChI is InChI=1S/C25H24F6N4O/c1-23(2)14-32-22(33-15-23)35-34-19(10-5-16-3-8-18(9-4-16)24(26,27)28)11-6-17-7-12-20(21(36)13-17)25(29,30)31/h3-13,36H,14-15H2,1-2H3,(H2,32,33,35)/b10-5?,11-6?,34-19+. The smallest absolute Gasteiger partial charge is 0.419 e. The molecular formula is C25H24F6N4O. The summed E-state index contributed by atoms with van der Waals surface area (Å²) in [5.74, 6) is -0.486. The van der Waals surface area contributed by atoms with E-state index in [9.17, 15) is 31.4 Å². The number of hydrogen-bond donors (Lipinski definition) is 3. The van der Waals surface area contributed by atoms with Crippen LogP contribution in [0, 0.1) is 5.41 Å². The second-order valence-electron chi connectivity index (χ2n) is 8.89. The number of alkyl halides is 6. The van der Waals surface area contributed by atoms with Crippen LogP contribution in [0.15, 0.2) is 64.7 Å². The molecule has 0 saturated carbocycles. The van der Waals surface area contributed by atoms with Crippen molar-refractivity contribution >= 4 is 23.8 Å². The summed E-state index contributed by atoms with van der Waals surface area (Å²) in [4.78, 5) is 4.36. The number of nitrogens with one attached hydrogen (secondary N) is 2. The molecule has 0 spiro atoms. The molecule has 2 aromatic rings. The average Bonchev–Trinajstić information content (AvgIpc) is 2.78. The topological polar surface area (TPSA) is 69.0 Å². The van der Waals surface area contributed by atoms with Crippen LogP contribution in [0.1, 0.15) is 36.1 Å². The quantitative estimate of drug-likeness (QED) is 0.259. The molecule has 11 heteroatoms. The second kappa shape index (κ2) is 10.5. The van der Waals surface area contributed by atoms with E-state index in [1.807, 2.05) is 13.8 Å². The van der Waals surface area contributed by atoms with Crippen molar-refractivity contribution in [2.24, 2.45) is 15.5 Å². The minimum absolute atomic E-state index is 0.0231. The number of hydrazone groups is 1. The first-order chi connectivity index (χ1) is 16.7. The molecule has 3 rings (SSSR count). The number of phenols is 1. The molecule has 1 aliphatic rings. The predicted octanol–water partition coefficient (Wildman–Crippen LogP) is 6.09. The highest BCUT2D eigenvalue weighted by molar-refractivity contribution is 6.09. The zero-order valence-electron chi connectivity index (χ0n) is 19.4. The molecule has 0 saturated heterocycles. The fourth-order valence-electron chi connectivity index (χ4n) is 3.09. The first-order valence-electron chi connectivity index (χ1n) is 10.8. The molecule has 36 heavy (non-hydrogen) atoms. The number of aromatic hydroxyl groups is 1. The molecule has 1 heterocycles. The van der Waals surface area contributed by atoms with Crippen LogP contribution in [0.25, 0.3) is 12.2 Å². The summed E-state index contributed by atoms with van der Waals surface area (Å²) in [6.45, 7) is 5.31. The average molecular weight is 510 g/mol. The zero-order chi connectivity index (χ0) is 26.6. The third kappa shape index (κ3) is 7.62. The maximum Gasteiger partial charge on any atom is 0.419 e. The van der Waals surface area contributed by atoms with Crippen molar-refractivity contribution in [1.29, 1.82) is 0 Å². The number of benzene rings is 2. The number of aliphatic imine (C=N–C) groups is 1. The lowest BCUT2D eigenvalue weighted by molar-refractivity contribution is -0.139. The minimum atomic E-state index is -4.68. The van der Waals surface area contributed by atoms with Gasteiger partial charge in [0.2, 0.25) is 5.96 Å². The molecule has 0 bridgehead atoms. The Hall–Kier alpha value is -3.76. The second-order valence-corrected chi connectivity index (χ2v) is 8.89. The summed E-state index contributed by atoms with van der Waals surface area (Å²) in [7, 11) is 0. The van der Waals surface area contributed by atoms with Crippen LogP contribution in [0.2, 0.25) is 0 Å². The zero-order valence-corrected chi connectivity index (χ0v) is 19.4. The third-order valence-corrected chi connectivity index (χ3v) is 5.15. The van der Waals surface area contributed by atoms with Crippen molar-refractivity contribution < 1.29 is 31.4 Å². The lowest BCUT2D eigenvalue weighted by Gasteiger charge is -2.28. The van der Waals surface area contributed by atoms with Gasteiger partial charge in [0, 0.05) is 18.5 Å². The number of guanidine groups is 1. The van der Waals surface area contributed by atoms with Crippen molar-refractivity contribution in [2.75, 3.05) is 13.1 Å². The van der Waals surface area contributed by atoms with Crippen LogP contribution in [0.3, 0.4) is 0 Å². The summed E-state index contributed by atoms with van der Waals surface area (Å²) < 4.78 is 77.0. The molecular weight excluding hydrogens is 486 g/mol. The van der Waals surface area contributed by atoms with E-state index in [1.165, 1.54) is 42.5 Å². The van der Waals surface area contributed by atoms with Crippen molar-refractivity contribution in [1.82, 2.24) is 10.7 Å². The Morgan fingerprint density at radius 1 is 0.972 bits per heavy atom. The van der Waals surface area contributed by atoms with Gasteiger partial charge in [-0.15, -0.1) is 0 Å². The third-order valence-electron chi connectivity index (χ3n) is 5.15. The Balaban J connectivity index is 1.84. The number of hydrogen-bond acceptors (Lipinski definition) is 5. The molecule has 3 N–H and O–H groups in total. The van der Waals surface area contributed by atoms with Crippen LogP contribution < -0.4 is 10.7 Å². The summed E-state index contributed by atoms with van der Waals surface area (Å²) >= 11 is 0. The number of allylic oxidation sites excluding steroid dienone is 2. The van der Waals surface area contributed by atoms with E-state index in [2.05, 4.69) is 20.8 Å². The van der Waals surface area contributed by atoms with E-state index in [0.29, 0.717) is 30.3 Å². The van der Waals surface area contributed by atoms with Gasteiger partial charge in [0.15, 0.2) is 0 Å². The van der Waals surface area contributed by atoms with Crippen LogP contribution in [0.4, 0.5) is 26.3 Å². The van der Waals surface area contributed by atoms with E-state index in [0.717, 1.165) is 24.3 Å². The Kier molecular flexibility index (Phi) is 7.80. The summed E-state index contributed by atoms with van der Waals surface area (Å²) in [6.07, 6.45) is -3.16. The van der Waals surface area contributed by atoms with Crippen molar-refractivity contribution in [3.05, 3.63) is 76.9 Å². The molecule has 1 aliphatic heterocycles. The first-order valence-corrected chi connectivity index (χ1v) is 10.8. The van der Waals surface area contributed by atoms with Gasteiger partial charge in [-0.2, -0.15) is 31.4 Å². The summed E-state index contributed by atoms with van der Waals surface area (Å²) in [6, 6.07) is 7.45. The molecule has 0 aliphatic carbocycles. The lowest BCUT2D eigenvalue weighted by Crippen LogP contribution is -2.46. The van der Waals surface area contributed by atoms with Crippen LogP contribution >= 0.6 is 0 Å². The fourth-order valence-corrected chi connectivity index (χ4v) is 3.09. The van der Waals surface area contributed by atoms with E-state index in [-0.39, 0.29) is 11.0 Å². The normalized spacial score (nSPS) is 16.8. The van der Waals surface area contributed by atoms with Crippen LogP contribution in [0.5, 0.6) is 5.75 Å². The monoisotopic (exact) mass is 510 g/mol. The van der Waals surface area contributed by atoms with E-state index < -0.39 is 29.2 Å². The molecule has 0 atom stereocenters. The van der Waals surface area contributed by atoms with Gasteiger partial charge >= 0.3 is 12.4 Å². The minimum Gasteiger partial charge on any atom is -0.507 e. The number of phenolic OH excluding ortho intramolecular Hbond substituents is 1. The molecule has 0 amide bonds. The first kappa shape index (κ1) is 26.8. The highest BCUT2D eigenvalue weighted by atomic mass is 19.4. The highest BCUT2D eigenvalue weighted by Gasteiger charge is 2.33.